The minimum absolute atomic E-state index is 0.177. The van der Waals surface area contributed by atoms with Crippen LogP contribution in [-0.2, 0) is 0 Å². The predicted octanol–water partition coefficient (Wildman–Crippen LogP) is 0.280. The molecule has 18 heavy (non-hydrogen) atoms. The lowest BCUT2D eigenvalue weighted by molar-refractivity contribution is 0.0740. The molecule has 1 aliphatic rings. The van der Waals surface area contributed by atoms with E-state index in [0.29, 0.717) is 18.8 Å². The molecule has 1 saturated carbocycles. The number of carbonyl (C=O) groups is 1. The first-order valence-electron chi connectivity index (χ1n) is 5.73. The molecule has 1 aliphatic carbocycles. The molecule has 7 nitrogen and oxygen atoms in total. The number of hydrogen-bond acceptors (Lipinski definition) is 6. The van der Waals surface area contributed by atoms with Gasteiger partial charge >= 0.3 is 0 Å². The van der Waals surface area contributed by atoms with Crippen molar-refractivity contribution in [2.24, 2.45) is 5.84 Å². The number of nitrogen functional groups attached to an aromatic ring is 1. The number of amides is 1. The topological polar surface area (TPSA) is 108 Å². The number of hydrogen-bond donors (Lipinski definition) is 2. The third kappa shape index (κ3) is 2.73. The summed E-state index contributed by atoms with van der Waals surface area (Å²) in [5, 5.41) is 8.60. The van der Waals surface area contributed by atoms with Crippen molar-refractivity contribution in [1.82, 2.24) is 14.9 Å². The Kier molecular flexibility index (Phi) is 3.69. The Morgan fingerprint density at radius 2 is 2.33 bits per heavy atom. The highest BCUT2D eigenvalue weighted by molar-refractivity contribution is 5.92. The molecule has 1 aromatic rings. The van der Waals surface area contributed by atoms with E-state index in [-0.39, 0.29) is 17.6 Å². The Morgan fingerprint density at radius 1 is 1.56 bits per heavy atom. The summed E-state index contributed by atoms with van der Waals surface area (Å²) in [4.78, 5) is 21.9. The van der Waals surface area contributed by atoms with Crippen LogP contribution in [0.15, 0.2) is 12.4 Å². The molecule has 7 heteroatoms. The summed E-state index contributed by atoms with van der Waals surface area (Å²) in [6.07, 6.45) is 5.11. The SMILES string of the molecule is N#CCCN(C(=O)c1cnc(NN)cn1)C1CC1. The zero-order chi connectivity index (χ0) is 13.0. The van der Waals surface area contributed by atoms with Crippen LogP contribution >= 0.6 is 0 Å². The van der Waals surface area contributed by atoms with Crippen molar-refractivity contribution in [3.05, 3.63) is 18.1 Å². The average Bonchev–Trinajstić information content (AvgIpc) is 3.24. The number of rotatable bonds is 5. The van der Waals surface area contributed by atoms with E-state index in [9.17, 15) is 4.79 Å². The Morgan fingerprint density at radius 3 is 2.83 bits per heavy atom. The fourth-order valence-corrected chi connectivity index (χ4v) is 1.67. The average molecular weight is 246 g/mol. The number of nitriles is 1. The van der Waals surface area contributed by atoms with Gasteiger partial charge in [-0.3, -0.25) is 4.79 Å². The first-order chi connectivity index (χ1) is 8.76. The lowest BCUT2D eigenvalue weighted by Crippen LogP contribution is -2.34. The van der Waals surface area contributed by atoms with Gasteiger partial charge in [-0.2, -0.15) is 5.26 Å². The quantitative estimate of drug-likeness (QED) is 0.570. The molecule has 1 fully saturated rings. The van der Waals surface area contributed by atoms with Crippen molar-refractivity contribution in [2.75, 3.05) is 12.0 Å². The van der Waals surface area contributed by atoms with Crippen LogP contribution in [0.25, 0.3) is 0 Å². The standard InChI is InChI=1S/C11H14N6O/c12-4-1-5-17(8-2-3-8)11(18)9-6-15-10(16-13)7-14-9/h6-8H,1-3,5,13H2,(H,15,16). The fourth-order valence-electron chi connectivity index (χ4n) is 1.67. The summed E-state index contributed by atoms with van der Waals surface area (Å²) in [7, 11) is 0. The first-order valence-corrected chi connectivity index (χ1v) is 5.73. The van der Waals surface area contributed by atoms with Crippen LogP contribution in [0, 0.1) is 11.3 Å². The molecule has 0 atom stereocenters. The van der Waals surface area contributed by atoms with Crippen molar-refractivity contribution in [3.8, 4) is 6.07 Å². The molecule has 0 unspecified atom stereocenters. The Labute approximate surface area is 105 Å². The molecule has 0 aliphatic heterocycles. The minimum atomic E-state index is -0.177. The zero-order valence-corrected chi connectivity index (χ0v) is 9.83. The molecule has 0 aromatic carbocycles. The second kappa shape index (κ2) is 5.42. The lowest BCUT2D eigenvalue weighted by atomic mass is 10.3. The number of aromatic nitrogens is 2. The van der Waals surface area contributed by atoms with Crippen LogP contribution in [-0.4, -0.2) is 33.4 Å². The summed E-state index contributed by atoms with van der Waals surface area (Å²) in [5.41, 5.74) is 2.63. The van der Waals surface area contributed by atoms with Crippen LogP contribution < -0.4 is 11.3 Å². The third-order valence-electron chi connectivity index (χ3n) is 2.73. The molecule has 3 N–H and O–H groups in total. The van der Waals surface area contributed by atoms with Crippen LogP contribution in [0.3, 0.4) is 0 Å². The monoisotopic (exact) mass is 246 g/mol. The molecular formula is C11H14N6O. The van der Waals surface area contributed by atoms with E-state index in [0.717, 1.165) is 12.8 Å². The Bertz CT molecular complexity index is 461. The molecule has 0 radical (unpaired) electrons. The van der Waals surface area contributed by atoms with E-state index < -0.39 is 0 Å². The van der Waals surface area contributed by atoms with Crippen LogP contribution in [0.4, 0.5) is 5.82 Å². The number of nitrogens with zero attached hydrogens (tertiary/aromatic N) is 4. The summed E-state index contributed by atoms with van der Waals surface area (Å²) >= 11 is 0. The maximum atomic E-state index is 12.2. The second-order valence-corrected chi connectivity index (χ2v) is 4.07. The van der Waals surface area contributed by atoms with E-state index in [1.807, 2.05) is 6.07 Å². The van der Waals surface area contributed by atoms with Crippen LogP contribution in [0.2, 0.25) is 0 Å². The number of nitrogens with two attached hydrogens (primary N) is 1. The zero-order valence-electron chi connectivity index (χ0n) is 9.83. The highest BCUT2D eigenvalue weighted by Crippen LogP contribution is 2.28. The van der Waals surface area contributed by atoms with Gasteiger partial charge in [-0.15, -0.1) is 0 Å². The Hall–Kier alpha value is -2.20. The van der Waals surface area contributed by atoms with Gasteiger partial charge in [0, 0.05) is 12.6 Å². The van der Waals surface area contributed by atoms with E-state index in [1.165, 1.54) is 12.4 Å². The largest absolute Gasteiger partial charge is 0.333 e. The van der Waals surface area contributed by atoms with Gasteiger partial charge < -0.3 is 10.3 Å². The van der Waals surface area contributed by atoms with Crippen LogP contribution in [0.1, 0.15) is 29.8 Å². The molecule has 1 aromatic heterocycles. The third-order valence-corrected chi connectivity index (χ3v) is 2.73. The predicted molar refractivity (Wildman–Crippen MR) is 64.1 cm³/mol. The van der Waals surface area contributed by atoms with Gasteiger partial charge in [0.1, 0.15) is 5.69 Å². The number of hydrazine groups is 1. The maximum absolute atomic E-state index is 12.2. The smallest absolute Gasteiger partial charge is 0.274 e. The van der Waals surface area contributed by atoms with E-state index in [2.05, 4.69) is 15.4 Å². The molecule has 0 bridgehead atoms. The normalized spacial score (nSPS) is 13.8. The summed E-state index contributed by atoms with van der Waals surface area (Å²) in [6, 6.07) is 2.30. The summed E-state index contributed by atoms with van der Waals surface area (Å²) in [5.74, 6) is 5.40. The summed E-state index contributed by atoms with van der Waals surface area (Å²) in [6.45, 7) is 0.443. The maximum Gasteiger partial charge on any atom is 0.274 e. The number of nitrogens with one attached hydrogen (secondary N) is 1. The molecule has 94 valence electrons. The second-order valence-electron chi connectivity index (χ2n) is 4.07. The Balaban J connectivity index is 2.09. The molecule has 1 heterocycles. The molecule has 2 rings (SSSR count). The van der Waals surface area contributed by atoms with Gasteiger partial charge in [-0.25, -0.2) is 15.8 Å². The van der Waals surface area contributed by atoms with Gasteiger partial charge in [0.05, 0.1) is 24.9 Å². The van der Waals surface area contributed by atoms with Gasteiger partial charge in [0.2, 0.25) is 0 Å². The van der Waals surface area contributed by atoms with Gasteiger partial charge in [0.15, 0.2) is 5.82 Å². The van der Waals surface area contributed by atoms with Crippen molar-refractivity contribution < 1.29 is 4.79 Å². The fraction of sp³-hybridized carbons (Fsp3) is 0.455. The first kappa shape index (κ1) is 12.3. The van der Waals surface area contributed by atoms with E-state index >= 15 is 0 Å². The molecule has 0 saturated heterocycles. The van der Waals surface area contributed by atoms with Crippen LogP contribution in [0.5, 0.6) is 0 Å². The molecule has 1 amide bonds. The minimum Gasteiger partial charge on any atom is -0.333 e. The molecular weight excluding hydrogens is 232 g/mol. The van der Waals surface area contributed by atoms with Crippen molar-refractivity contribution in [3.63, 3.8) is 0 Å². The molecule has 0 spiro atoms. The summed E-state index contributed by atoms with van der Waals surface area (Å²) < 4.78 is 0. The highest BCUT2D eigenvalue weighted by atomic mass is 16.2. The van der Waals surface area contributed by atoms with E-state index in [1.54, 1.807) is 4.90 Å². The number of carbonyl (C=O) groups excluding carboxylic acids is 1. The number of anilines is 1. The van der Waals surface area contributed by atoms with Crippen molar-refractivity contribution >= 4 is 11.7 Å². The van der Waals surface area contributed by atoms with E-state index in [4.69, 9.17) is 11.1 Å². The van der Waals surface area contributed by atoms with Crippen molar-refractivity contribution in [1.29, 1.82) is 5.26 Å². The highest BCUT2D eigenvalue weighted by Gasteiger charge is 2.33. The van der Waals surface area contributed by atoms with Gasteiger partial charge in [-0.05, 0) is 12.8 Å². The lowest BCUT2D eigenvalue weighted by Gasteiger charge is -2.20. The van der Waals surface area contributed by atoms with Gasteiger partial charge in [-0.1, -0.05) is 0 Å². The van der Waals surface area contributed by atoms with Gasteiger partial charge in [0.25, 0.3) is 5.91 Å². The van der Waals surface area contributed by atoms with Crippen molar-refractivity contribution in [2.45, 2.75) is 25.3 Å².